The molecule has 1 aromatic carbocycles. The Bertz CT molecular complexity index is 569. The molecule has 22 heavy (non-hydrogen) atoms. The Kier molecular flexibility index (Phi) is 4.22. The monoisotopic (exact) mass is 299 g/mol. The Morgan fingerprint density at radius 1 is 1.00 bits per heavy atom. The largest absolute Gasteiger partial charge is 0.343 e. The van der Waals surface area contributed by atoms with Crippen LogP contribution in [-0.2, 0) is 4.79 Å². The molecule has 1 fully saturated rings. The minimum atomic E-state index is -0.294. The van der Waals surface area contributed by atoms with Crippen LogP contribution in [0.15, 0.2) is 24.3 Å². The van der Waals surface area contributed by atoms with E-state index in [4.69, 9.17) is 0 Å². The molecule has 0 N–H and O–H groups in total. The number of carbonyl (C=O) groups is 3. The number of imide groups is 1. The molecule has 0 saturated carbocycles. The molecule has 0 aromatic heterocycles. The zero-order valence-electron chi connectivity index (χ0n) is 12.5. The second kappa shape index (κ2) is 6.30. The summed E-state index contributed by atoms with van der Waals surface area (Å²) in [6, 6.07) is 6.79. The lowest BCUT2D eigenvalue weighted by atomic mass is 10.1. The van der Waals surface area contributed by atoms with E-state index in [1.54, 1.807) is 24.3 Å². The molecule has 3 rings (SSSR count). The van der Waals surface area contributed by atoms with E-state index in [9.17, 15) is 14.4 Å². The average molecular weight is 299 g/mol. The lowest BCUT2D eigenvalue weighted by Gasteiger charge is -2.21. The zero-order valence-corrected chi connectivity index (χ0v) is 12.5. The number of nitrogens with zero attached hydrogens (tertiary/aromatic N) is 2. The molecule has 0 aliphatic carbocycles. The van der Waals surface area contributed by atoms with Gasteiger partial charge in [0.1, 0.15) is 0 Å². The molecule has 2 aliphatic rings. The topological polar surface area (TPSA) is 57.7 Å². The predicted octanol–water partition coefficient (Wildman–Crippen LogP) is 1.89. The van der Waals surface area contributed by atoms with E-state index < -0.39 is 0 Å². The molecular formula is C17H19N2O3. The Labute approximate surface area is 129 Å². The number of carbonyl (C=O) groups excluding carboxylic acids is 3. The van der Waals surface area contributed by atoms with Crippen molar-refractivity contribution in [3.8, 4) is 0 Å². The van der Waals surface area contributed by atoms with Crippen LogP contribution in [0.2, 0.25) is 0 Å². The summed E-state index contributed by atoms with van der Waals surface area (Å²) < 4.78 is 0. The van der Waals surface area contributed by atoms with Crippen LogP contribution in [0.3, 0.4) is 0 Å². The molecule has 5 nitrogen and oxygen atoms in total. The molecule has 2 heterocycles. The lowest BCUT2D eigenvalue weighted by molar-refractivity contribution is -0.131. The van der Waals surface area contributed by atoms with Gasteiger partial charge in [-0.25, -0.2) is 0 Å². The van der Waals surface area contributed by atoms with Gasteiger partial charge in [0, 0.05) is 26.1 Å². The Morgan fingerprint density at radius 2 is 1.68 bits per heavy atom. The minimum absolute atomic E-state index is 0.0202. The van der Waals surface area contributed by atoms with Crippen LogP contribution < -0.4 is 0 Å². The molecule has 1 radical (unpaired) electrons. The standard InChI is InChI=1S/C17H19N2O3/c20-15(18-10-5-1-2-6-11-18)9-12-19-16(21)13-7-3-4-8-14(13)17(19)22/h1,3-4,7-8H,2,5-6,9-12H2. The number of fused-ring (bicyclic) bond motifs is 1. The van der Waals surface area contributed by atoms with Crippen molar-refractivity contribution in [3.63, 3.8) is 0 Å². The van der Waals surface area contributed by atoms with Gasteiger partial charge in [-0.15, -0.1) is 0 Å². The summed E-state index contributed by atoms with van der Waals surface area (Å²) in [5, 5.41) is 0. The van der Waals surface area contributed by atoms with Crippen molar-refractivity contribution < 1.29 is 14.4 Å². The predicted molar refractivity (Wildman–Crippen MR) is 81.2 cm³/mol. The fourth-order valence-corrected chi connectivity index (χ4v) is 2.99. The number of benzene rings is 1. The molecule has 1 aromatic rings. The molecule has 3 amide bonds. The summed E-state index contributed by atoms with van der Waals surface area (Å²) >= 11 is 0. The molecule has 0 atom stereocenters. The second-order valence-electron chi connectivity index (χ2n) is 5.66. The number of likely N-dealkylation sites (tertiary alicyclic amines) is 1. The van der Waals surface area contributed by atoms with Gasteiger partial charge in [-0.05, 0) is 37.8 Å². The summed E-state index contributed by atoms with van der Waals surface area (Å²) in [5.74, 6) is -0.568. The first-order valence-electron chi connectivity index (χ1n) is 7.73. The molecule has 115 valence electrons. The highest BCUT2D eigenvalue weighted by Crippen LogP contribution is 2.22. The summed E-state index contributed by atoms with van der Waals surface area (Å²) in [7, 11) is 0. The third-order valence-corrected chi connectivity index (χ3v) is 4.22. The van der Waals surface area contributed by atoms with Crippen LogP contribution >= 0.6 is 0 Å². The fraction of sp³-hybridized carbons (Fsp3) is 0.412. The summed E-state index contributed by atoms with van der Waals surface area (Å²) in [5.41, 5.74) is 0.869. The molecule has 0 unspecified atom stereocenters. The quantitative estimate of drug-likeness (QED) is 0.801. The highest BCUT2D eigenvalue weighted by molar-refractivity contribution is 6.21. The highest BCUT2D eigenvalue weighted by Gasteiger charge is 2.35. The molecular weight excluding hydrogens is 280 g/mol. The summed E-state index contributed by atoms with van der Waals surface area (Å²) in [4.78, 5) is 39.7. The maximum Gasteiger partial charge on any atom is 0.261 e. The van der Waals surface area contributed by atoms with Crippen molar-refractivity contribution >= 4 is 17.7 Å². The Hall–Kier alpha value is -2.17. The zero-order chi connectivity index (χ0) is 15.5. The van der Waals surface area contributed by atoms with Crippen LogP contribution in [0.25, 0.3) is 0 Å². The van der Waals surface area contributed by atoms with Gasteiger partial charge in [-0.1, -0.05) is 12.1 Å². The molecule has 0 spiro atoms. The van der Waals surface area contributed by atoms with Crippen molar-refractivity contribution in [2.45, 2.75) is 25.7 Å². The Balaban J connectivity index is 1.61. The van der Waals surface area contributed by atoms with Crippen LogP contribution in [0.4, 0.5) is 0 Å². The van der Waals surface area contributed by atoms with Crippen molar-refractivity contribution in [1.82, 2.24) is 9.80 Å². The van der Waals surface area contributed by atoms with Gasteiger partial charge in [0.2, 0.25) is 5.91 Å². The van der Waals surface area contributed by atoms with Gasteiger partial charge in [0.15, 0.2) is 0 Å². The maximum absolute atomic E-state index is 12.3. The van der Waals surface area contributed by atoms with Crippen LogP contribution in [0, 0.1) is 6.42 Å². The third kappa shape index (κ3) is 2.75. The van der Waals surface area contributed by atoms with Crippen molar-refractivity contribution in [3.05, 3.63) is 41.8 Å². The average Bonchev–Trinajstić information content (AvgIpc) is 2.75. The van der Waals surface area contributed by atoms with E-state index in [1.165, 1.54) is 4.90 Å². The first kappa shape index (κ1) is 14.8. The minimum Gasteiger partial charge on any atom is -0.343 e. The van der Waals surface area contributed by atoms with Crippen molar-refractivity contribution in [2.75, 3.05) is 19.6 Å². The van der Waals surface area contributed by atoms with Crippen LogP contribution in [0.5, 0.6) is 0 Å². The molecule has 0 bridgehead atoms. The fourth-order valence-electron chi connectivity index (χ4n) is 2.99. The number of hydrogen-bond donors (Lipinski definition) is 0. The van der Waals surface area contributed by atoms with Crippen molar-refractivity contribution in [2.24, 2.45) is 0 Å². The van der Waals surface area contributed by atoms with E-state index in [-0.39, 0.29) is 30.7 Å². The second-order valence-corrected chi connectivity index (χ2v) is 5.66. The molecule has 1 saturated heterocycles. The van der Waals surface area contributed by atoms with Gasteiger partial charge < -0.3 is 4.90 Å². The first-order valence-corrected chi connectivity index (χ1v) is 7.73. The Morgan fingerprint density at radius 3 is 2.36 bits per heavy atom. The van der Waals surface area contributed by atoms with E-state index in [2.05, 4.69) is 6.42 Å². The summed E-state index contributed by atoms with van der Waals surface area (Å²) in [6.45, 7) is 1.66. The number of amides is 3. The van der Waals surface area contributed by atoms with E-state index in [0.29, 0.717) is 11.1 Å². The molecule has 2 aliphatic heterocycles. The normalized spacial score (nSPS) is 18.4. The van der Waals surface area contributed by atoms with Gasteiger partial charge >= 0.3 is 0 Å². The smallest absolute Gasteiger partial charge is 0.261 e. The van der Waals surface area contributed by atoms with Crippen molar-refractivity contribution in [1.29, 1.82) is 0 Å². The lowest BCUT2D eigenvalue weighted by Crippen LogP contribution is -2.37. The van der Waals surface area contributed by atoms with Gasteiger partial charge in [0.05, 0.1) is 11.1 Å². The van der Waals surface area contributed by atoms with Gasteiger partial charge in [-0.2, -0.15) is 0 Å². The maximum atomic E-state index is 12.3. The van der Waals surface area contributed by atoms with Gasteiger partial charge in [-0.3, -0.25) is 19.3 Å². The van der Waals surface area contributed by atoms with E-state index >= 15 is 0 Å². The summed E-state index contributed by atoms with van der Waals surface area (Å²) in [6.07, 6.45) is 5.35. The van der Waals surface area contributed by atoms with E-state index in [0.717, 1.165) is 32.4 Å². The third-order valence-electron chi connectivity index (χ3n) is 4.22. The molecule has 5 heteroatoms. The number of hydrogen-bond acceptors (Lipinski definition) is 3. The SMILES string of the molecule is O=C(CCN1C(=O)c2ccccc2C1=O)N1CC[CH]CCC1. The number of rotatable bonds is 3. The van der Waals surface area contributed by atoms with Crippen LogP contribution in [0.1, 0.15) is 46.4 Å². The van der Waals surface area contributed by atoms with Gasteiger partial charge in [0.25, 0.3) is 11.8 Å². The first-order chi connectivity index (χ1) is 10.7. The van der Waals surface area contributed by atoms with Crippen LogP contribution in [-0.4, -0.2) is 47.2 Å². The highest BCUT2D eigenvalue weighted by atomic mass is 16.2. The van der Waals surface area contributed by atoms with E-state index in [1.807, 2.05) is 4.90 Å².